The Bertz CT molecular complexity index is 754. The summed E-state index contributed by atoms with van der Waals surface area (Å²) < 4.78 is 10.2. The normalized spacial score (nSPS) is 10.3. The number of nitrogens with zero attached hydrogens (tertiary/aromatic N) is 1. The summed E-state index contributed by atoms with van der Waals surface area (Å²) in [5.41, 5.74) is -0.0225. The molecule has 9 heteroatoms. The van der Waals surface area contributed by atoms with Gasteiger partial charge in [-0.3, -0.25) is 14.9 Å². The van der Waals surface area contributed by atoms with Crippen molar-refractivity contribution in [2.24, 2.45) is 0 Å². The fraction of sp³-hybridized carbons (Fsp3) is 0.231. The summed E-state index contributed by atoms with van der Waals surface area (Å²) in [4.78, 5) is 33.6. The Kier molecular flexibility index (Phi) is 4.56. The van der Waals surface area contributed by atoms with Crippen LogP contribution in [0, 0.1) is 10.1 Å². The highest BCUT2D eigenvalue weighted by molar-refractivity contribution is 7.23. The predicted molar refractivity (Wildman–Crippen MR) is 80.3 cm³/mol. The molecule has 1 heterocycles. The predicted octanol–water partition coefficient (Wildman–Crippen LogP) is 2.32. The third kappa shape index (κ3) is 2.98. The number of hydrogen-bond donors (Lipinski definition) is 1. The van der Waals surface area contributed by atoms with Crippen LogP contribution in [0.5, 0.6) is 5.75 Å². The SMILES string of the molecule is CCOC(=O)C(=O)Nc1c([N+](=O)[O-])sc2cc(OC)ccc12. The summed E-state index contributed by atoms with van der Waals surface area (Å²) in [7, 11) is 1.48. The highest BCUT2D eigenvalue weighted by Gasteiger charge is 2.26. The molecular weight excluding hydrogens is 312 g/mol. The molecule has 0 atom stereocenters. The topological polar surface area (TPSA) is 108 Å². The van der Waals surface area contributed by atoms with E-state index < -0.39 is 16.8 Å². The molecule has 0 aliphatic heterocycles. The van der Waals surface area contributed by atoms with Crippen LogP contribution in [0.15, 0.2) is 18.2 Å². The van der Waals surface area contributed by atoms with Crippen molar-refractivity contribution in [3.63, 3.8) is 0 Å². The number of esters is 1. The molecule has 1 amide bonds. The van der Waals surface area contributed by atoms with Crippen molar-refractivity contribution in [1.82, 2.24) is 0 Å². The highest BCUT2D eigenvalue weighted by atomic mass is 32.1. The van der Waals surface area contributed by atoms with Crippen LogP contribution in [0.1, 0.15) is 6.92 Å². The Morgan fingerprint density at radius 2 is 2.14 bits per heavy atom. The van der Waals surface area contributed by atoms with Crippen molar-refractivity contribution < 1.29 is 24.0 Å². The van der Waals surface area contributed by atoms with Crippen molar-refractivity contribution in [1.29, 1.82) is 0 Å². The molecule has 0 radical (unpaired) electrons. The van der Waals surface area contributed by atoms with Gasteiger partial charge in [-0.05, 0) is 25.1 Å². The second-order valence-electron chi connectivity index (χ2n) is 4.08. The molecule has 0 aliphatic carbocycles. The number of carbonyl (C=O) groups is 2. The van der Waals surface area contributed by atoms with E-state index in [-0.39, 0.29) is 17.3 Å². The van der Waals surface area contributed by atoms with E-state index in [2.05, 4.69) is 10.1 Å². The van der Waals surface area contributed by atoms with E-state index in [4.69, 9.17) is 4.74 Å². The summed E-state index contributed by atoms with van der Waals surface area (Å²) in [6, 6.07) is 4.81. The number of benzene rings is 1. The molecule has 0 saturated heterocycles. The lowest BCUT2D eigenvalue weighted by Crippen LogP contribution is -2.25. The molecule has 0 fully saturated rings. The molecule has 8 nitrogen and oxygen atoms in total. The van der Waals surface area contributed by atoms with Crippen LogP contribution in [-0.4, -0.2) is 30.5 Å². The number of thiophene rings is 1. The van der Waals surface area contributed by atoms with Crippen molar-refractivity contribution >= 4 is 44.0 Å². The summed E-state index contributed by atoms with van der Waals surface area (Å²) in [5.74, 6) is -1.61. The van der Waals surface area contributed by atoms with Gasteiger partial charge in [0.15, 0.2) is 0 Å². The van der Waals surface area contributed by atoms with E-state index in [0.29, 0.717) is 15.8 Å². The quantitative estimate of drug-likeness (QED) is 0.400. The smallest absolute Gasteiger partial charge is 0.397 e. The van der Waals surface area contributed by atoms with Gasteiger partial charge in [0.05, 0.1) is 18.6 Å². The maximum absolute atomic E-state index is 11.7. The number of rotatable bonds is 4. The largest absolute Gasteiger partial charge is 0.497 e. The van der Waals surface area contributed by atoms with E-state index in [1.807, 2.05) is 0 Å². The van der Waals surface area contributed by atoms with Gasteiger partial charge < -0.3 is 14.8 Å². The number of fused-ring (bicyclic) bond motifs is 1. The number of hydrogen-bond acceptors (Lipinski definition) is 7. The second-order valence-corrected chi connectivity index (χ2v) is 5.11. The van der Waals surface area contributed by atoms with Crippen LogP contribution in [-0.2, 0) is 14.3 Å². The van der Waals surface area contributed by atoms with Gasteiger partial charge in [0.2, 0.25) is 0 Å². The van der Waals surface area contributed by atoms with Crippen LogP contribution in [0.2, 0.25) is 0 Å². The Balaban J connectivity index is 2.46. The minimum atomic E-state index is -1.09. The zero-order valence-corrected chi connectivity index (χ0v) is 12.6. The van der Waals surface area contributed by atoms with Crippen LogP contribution < -0.4 is 10.1 Å². The zero-order chi connectivity index (χ0) is 16.3. The van der Waals surface area contributed by atoms with Gasteiger partial charge in [-0.25, -0.2) is 4.79 Å². The Labute approximate surface area is 128 Å². The number of nitrogens with one attached hydrogen (secondary N) is 1. The fourth-order valence-corrected chi connectivity index (χ4v) is 2.80. The van der Waals surface area contributed by atoms with Gasteiger partial charge in [-0.2, -0.15) is 0 Å². The third-order valence-corrected chi connectivity index (χ3v) is 3.85. The lowest BCUT2D eigenvalue weighted by molar-refractivity contribution is -0.379. The standard InChI is InChI=1S/C13H12N2O6S/c1-3-21-13(17)11(16)14-10-8-5-4-7(20-2)6-9(8)22-12(10)15(18)19/h4-6H,3H2,1-2H3,(H,14,16). The highest BCUT2D eigenvalue weighted by Crippen LogP contribution is 2.42. The number of nitro groups is 1. The van der Waals surface area contributed by atoms with Crippen LogP contribution >= 0.6 is 11.3 Å². The van der Waals surface area contributed by atoms with E-state index in [1.54, 1.807) is 25.1 Å². The molecule has 0 spiro atoms. The van der Waals surface area contributed by atoms with Gasteiger partial charge in [-0.1, -0.05) is 11.3 Å². The summed E-state index contributed by atoms with van der Waals surface area (Å²) in [6.45, 7) is 1.59. The Hall–Kier alpha value is -2.68. The molecule has 22 heavy (non-hydrogen) atoms. The lowest BCUT2D eigenvalue weighted by atomic mass is 10.2. The molecule has 0 aliphatic rings. The van der Waals surface area contributed by atoms with Gasteiger partial charge >= 0.3 is 16.9 Å². The number of anilines is 1. The molecule has 0 unspecified atom stereocenters. The molecule has 1 N–H and O–H groups in total. The third-order valence-electron chi connectivity index (χ3n) is 2.74. The summed E-state index contributed by atoms with van der Waals surface area (Å²) in [5, 5.41) is 13.6. The van der Waals surface area contributed by atoms with Gasteiger partial charge in [-0.15, -0.1) is 0 Å². The first kappa shape index (κ1) is 15.7. The zero-order valence-electron chi connectivity index (χ0n) is 11.7. The van der Waals surface area contributed by atoms with Crippen LogP contribution in [0.3, 0.4) is 0 Å². The van der Waals surface area contributed by atoms with Crippen molar-refractivity contribution in [2.45, 2.75) is 6.92 Å². The Morgan fingerprint density at radius 1 is 1.41 bits per heavy atom. The number of carbonyl (C=O) groups excluding carboxylic acids is 2. The minimum absolute atomic E-state index is 0.0225. The van der Waals surface area contributed by atoms with Gasteiger partial charge in [0.1, 0.15) is 11.4 Å². The average molecular weight is 324 g/mol. The number of amides is 1. The minimum Gasteiger partial charge on any atom is -0.497 e. The maximum atomic E-state index is 11.7. The lowest BCUT2D eigenvalue weighted by Gasteiger charge is -2.04. The van der Waals surface area contributed by atoms with E-state index >= 15 is 0 Å². The molecule has 116 valence electrons. The van der Waals surface area contributed by atoms with Crippen molar-refractivity contribution in [3.8, 4) is 5.75 Å². The summed E-state index contributed by atoms with van der Waals surface area (Å²) >= 11 is 0.883. The van der Waals surface area contributed by atoms with Crippen LogP contribution in [0.4, 0.5) is 10.7 Å². The van der Waals surface area contributed by atoms with Crippen LogP contribution in [0.25, 0.3) is 10.1 Å². The molecule has 0 saturated carbocycles. The molecular formula is C13H12N2O6S. The summed E-state index contributed by atoms with van der Waals surface area (Å²) in [6.07, 6.45) is 0. The first-order valence-corrected chi connectivity index (χ1v) is 7.02. The van der Waals surface area contributed by atoms with Gasteiger partial charge in [0, 0.05) is 10.1 Å². The van der Waals surface area contributed by atoms with E-state index in [9.17, 15) is 19.7 Å². The average Bonchev–Trinajstić information content (AvgIpc) is 2.85. The second kappa shape index (κ2) is 6.39. The number of methoxy groups -OCH3 is 1. The monoisotopic (exact) mass is 324 g/mol. The first-order chi connectivity index (χ1) is 10.5. The van der Waals surface area contributed by atoms with Crippen molar-refractivity contribution in [3.05, 3.63) is 28.3 Å². The van der Waals surface area contributed by atoms with E-state index in [1.165, 1.54) is 7.11 Å². The molecule has 1 aromatic carbocycles. The molecule has 2 rings (SSSR count). The molecule has 1 aromatic heterocycles. The van der Waals surface area contributed by atoms with E-state index in [0.717, 1.165) is 11.3 Å². The first-order valence-electron chi connectivity index (χ1n) is 6.21. The Morgan fingerprint density at radius 3 is 2.73 bits per heavy atom. The van der Waals surface area contributed by atoms with Crippen molar-refractivity contribution in [2.75, 3.05) is 19.0 Å². The fourth-order valence-electron chi connectivity index (χ4n) is 1.80. The number of ether oxygens (including phenoxy) is 2. The molecule has 2 aromatic rings. The van der Waals surface area contributed by atoms with Gasteiger partial charge in [0.25, 0.3) is 0 Å². The maximum Gasteiger partial charge on any atom is 0.397 e. The molecule has 0 bridgehead atoms.